The first kappa shape index (κ1) is 12.8. The number of hydrogen-bond acceptors (Lipinski definition) is 2. The second kappa shape index (κ2) is 5.02. The molecule has 0 saturated heterocycles. The Morgan fingerprint density at radius 2 is 1.84 bits per heavy atom. The number of fused-ring (bicyclic) bond motifs is 3. The summed E-state index contributed by atoms with van der Waals surface area (Å²) in [4.78, 5) is 11.4. The third-order valence-electron chi connectivity index (χ3n) is 3.27. The van der Waals surface area contributed by atoms with E-state index in [2.05, 4.69) is 58.1 Å². The quantitative estimate of drug-likeness (QED) is 0.684. The van der Waals surface area contributed by atoms with Gasteiger partial charge in [-0.1, -0.05) is 28.1 Å². The molecule has 1 aliphatic rings. The molecule has 0 aliphatic heterocycles. The van der Waals surface area contributed by atoms with Gasteiger partial charge in [0.2, 0.25) is 5.91 Å². The Balaban J connectivity index is 1.96. The number of halogens is 1. The van der Waals surface area contributed by atoms with Crippen molar-refractivity contribution in [1.29, 1.82) is 0 Å². The van der Waals surface area contributed by atoms with Crippen LogP contribution in [0.3, 0.4) is 0 Å². The fraction of sp³-hybridized carbons (Fsp3) is 0.133. The van der Waals surface area contributed by atoms with E-state index in [1.165, 1.54) is 22.3 Å². The zero-order chi connectivity index (χ0) is 13.4. The van der Waals surface area contributed by atoms with Gasteiger partial charge in [0.15, 0.2) is 0 Å². The number of benzene rings is 2. The second-order valence-electron chi connectivity index (χ2n) is 4.56. The largest absolute Gasteiger partial charge is 0.325 e. The third kappa shape index (κ3) is 2.42. The highest BCUT2D eigenvalue weighted by Gasteiger charge is 2.18. The molecule has 0 radical (unpaired) electrons. The molecule has 0 spiro atoms. The number of thiol groups is 1. The molecule has 0 saturated carbocycles. The Bertz CT molecular complexity index is 669. The maximum absolute atomic E-state index is 11.4. The van der Waals surface area contributed by atoms with E-state index >= 15 is 0 Å². The molecule has 1 N–H and O–H groups in total. The molecule has 2 nitrogen and oxygen atoms in total. The van der Waals surface area contributed by atoms with Crippen LogP contribution in [0.2, 0.25) is 0 Å². The maximum Gasteiger partial charge on any atom is 0.234 e. The van der Waals surface area contributed by atoms with Gasteiger partial charge in [-0.25, -0.2) is 0 Å². The fourth-order valence-electron chi connectivity index (χ4n) is 2.46. The fourth-order valence-corrected chi connectivity index (χ4v) is 2.95. The Morgan fingerprint density at radius 3 is 2.58 bits per heavy atom. The first-order valence-electron chi connectivity index (χ1n) is 6.00. The molecule has 2 aromatic rings. The molecule has 1 amide bonds. The molecule has 96 valence electrons. The van der Waals surface area contributed by atoms with Crippen LogP contribution in [-0.2, 0) is 11.2 Å². The van der Waals surface area contributed by atoms with Crippen molar-refractivity contribution in [3.05, 3.63) is 52.0 Å². The summed E-state index contributed by atoms with van der Waals surface area (Å²) in [5.41, 5.74) is 5.95. The van der Waals surface area contributed by atoms with E-state index in [0.717, 1.165) is 16.6 Å². The number of anilines is 1. The summed E-state index contributed by atoms with van der Waals surface area (Å²) in [6.07, 6.45) is 0.911. The SMILES string of the molecule is O=C(CS)Nc1ccc2c(c1)Cc1cc(Br)ccc1-2. The molecule has 0 unspecified atom stereocenters. The predicted octanol–water partition coefficient (Wildman–Crippen LogP) is 3.89. The highest BCUT2D eigenvalue weighted by Crippen LogP contribution is 2.38. The molecule has 0 atom stereocenters. The Labute approximate surface area is 125 Å². The van der Waals surface area contributed by atoms with Gasteiger partial charge in [0, 0.05) is 10.2 Å². The van der Waals surface area contributed by atoms with Crippen LogP contribution in [0, 0.1) is 0 Å². The van der Waals surface area contributed by atoms with Crippen LogP contribution in [-0.4, -0.2) is 11.7 Å². The van der Waals surface area contributed by atoms with Gasteiger partial charge in [-0.2, -0.15) is 12.6 Å². The van der Waals surface area contributed by atoms with Gasteiger partial charge in [0.05, 0.1) is 5.75 Å². The summed E-state index contributed by atoms with van der Waals surface area (Å²) in [6, 6.07) is 12.4. The van der Waals surface area contributed by atoms with Gasteiger partial charge in [0.25, 0.3) is 0 Å². The summed E-state index contributed by atoms with van der Waals surface area (Å²) in [5.74, 6) is 0.117. The Hall–Kier alpha value is -1.26. The van der Waals surface area contributed by atoms with E-state index in [9.17, 15) is 4.79 Å². The maximum atomic E-state index is 11.4. The van der Waals surface area contributed by atoms with E-state index in [0.29, 0.717) is 0 Å². The predicted molar refractivity (Wildman–Crippen MR) is 84.9 cm³/mol. The lowest BCUT2D eigenvalue weighted by Crippen LogP contribution is -2.12. The zero-order valence-corrected chi connectivity index (χ0v) is 12.6. The summed E-state index contributed by atoms with van der Waals surface area (Å²) < 4.78 is 1.10. The van der Waals surface area contributed by atoms with Gasteiger partial charge in [-0.3, -0.25) is 4.79 Å². The number of carbonyl (C=O) groups is 1. The molecule has 1 aliphatic carbocycles. The molecular weight excluding hydrogens is 322 g/mol. The average Bonchev–Trinajstić information content (AvgIpc) is 2.74. The summed E-state index contributed by atoms with van der Waals surface area (Å²) >= 11 is 7.46. The molecule has 19 heavy (non-hydrogen) atoms. The molecule has 4 heteroatoms. The second-order valence-corrected chi connectivity index (χ2v) is 5.79. The lowest BCUT2D eigenvalue weighted by Gasteiger charge is -2.06. The van der Waals surface area contributed by atoms with Crippen molar-refractivity contribution in [3.8, 4) is 11.1 Å². The number of carbonyl (C=O) groups excluding carboxylic acids is 1. The normalized spacial score (nSPS) is 11.9. The minimum Gasteiger partial charge on any atom is -0.325 e. The van der Waals surface area contributed by atoms with Crippen molar-refractivity contribution in [2.75, 3.05) is 11.1 Å². The Morgan fingerprint density at radius 1 is 1.16 bits per heavy atom. The van der Waals surface area contributed by atoms with Crippen LogP contribution in [0.5, 0.6) is 0 Å². The van der Waals surface area contributed by atoms with E-state index in [4.69, 9.17) is 0 Å². The molecule has 0 aromatic heterocycles. The van der Waals surface area contributed by atoms with Gasteiger partial charge >= 0.3 is 0 Å². The monoisotopic (exact) mass is 333 g/mol. The highest BCUT2D eigenvalue weighted by atomic mass is 79.9. The summed E-state index contributed by atoms with van der Waals surface area (Å²) in [6.45, 7) is 0. The lowest BCUT2D eigenvalue weighted by molar-refractivity contribution is -0.113. The van der Waals surface area contributed by atoms with Gasteiger partial charge in [-0.05, 0) is 52.9 Å². The standard InChI is InChI=1S/C15H12BrNOS/c16-11-1-3-13-9(6-11)5-10-7-12(2-4-14(10)13)17-15(18)8-19/h1-4,6-7,19H,5,8H2,(H,17,18). The molecule has 0 heterocycles. The third-order valence-corrected chi connectivity index (χ3v) is 4.05. The topological polar surface area (TPSA) is 29.1 Å². The Kier molecular flexibility index (Phi) is 3.37. The minimum absolute atomic E-state index is 0.0819. The van der Waals surface area contributed by atoms with E-state index in [1.807, 2.05) is 12.1 Å². The number of hydrogen-bond donors (Lipinski definition) is 2. The van der Waals surface area contributed by atoms with Gasteiger partial charge < -0.3 is 5.32 Å². The highest BCUT2D eigenvalue weighted by molar-refractivity contribution is 9.10. The summed E-state index contributed by atoms with van der Waals surface area (Å²) in [5, 5.41) is 2.83. The van der Waals surface area contributed by atoms with Crippen molar-refractivity contribution < 1.29 is 4.79 Å². The van der Waals surface area contributed by atoms with Gasteiger partial charge in [-0.15, -0.1) is 0 Å². The van der Waals surface area contributed by atoms with Crippen LogP contribution in [0.15, 0.2) is 40.9 Å². The number of nitrogens with one attached hydrogen (secondary N) is 1. The van der Waals surface area contributed by atoms with Crippen molar-refractivity contribution in [2.45, 2.75) is 6.42 Å². The zero-order valence-electron chi connectivity index (χ0n) is 10.1. The summed E-state index contributed by atoms with van der Waals surface area (Å²) in [7, 11) is 0. The van der Waals surface area contributed by atoms with Gasteiger partial charge in [0.1, 0.15) is 0 Å². The van der Waals surface area contributed by atoms with Crippen LogP contribution in [0.1, 0.15) is 11.1 Å². The molecule has 2 aromatic carbocycles. The molecular formula is C15H12BrNOS. The van der Waals surface area contributed by atoms with E-state index in [-0.39, 0.29) is 11.7 Å². The van der Waals surface area contributed by atoms with E-state index in [1.54, 1.807) is 0 Å². The minimum atomic E-state index is -0.0819. The van der Waals surface area contributed by atoms with Crippen molar-refractivity contribution in [2.24, 2.45) is 0 Å². The smallest absolute Gasteiger partial charge is 0.234 e. The first-order valence-corrected chi connectivity index (χ1v) is 7.42. The average molecular weight is 334 g/mol. The van der Waals surface area contributed by atoms with Crippen LogP contribution >= 0.6 is 28.6 Å². The molecule has 0 fully saturated rings. The van der Waals surface area contributed by atoms with E-state index < -0.39 is 0 Å². The first-order chi connectivity index (χ1) is 9.17. The number of rotatable bonds is 2. The molecule has 0 bridgehead atoms. The van der Waals surface area contributed by atoms with Crippen LogP contribution in [0.25, 0.3) is 11.1 Å². The molecule has 3 rings (SSSR count). The lowest BCUT2D eigenvalue weighted by atomic mass is 10.1. The van der Waals surface area contributed by atoms with Crippen LogP contribution in [0.4, 0.5) is 5.69 Å². The van der Waals surface area contributed by atoms with Crippen molar-refractivity contribution in [3.63, 3.8) is 0 Å². The van der Waals surface area contributed by atoms with Crippen LogP contribution < -0.4 is 5.32 Å². The number of amides is 1. The van der Waals surface area contributed by atoms with Crippen molar-refractivity contribution >= 4 is 40.2 Å². The van der Waals surface area contributed by atoms with Crippen molar-refractivity contribution in [1.82, 2.24) is 0 Å².